The fraction of sp³-hybridized carbons (Fsp3) is 0.182. The Labute approximate surface area is 190 Å². The molecular formula is C22H23BrN4O3S. The number of aromatic nitrogens is 1. The van der Waals surface area contributed by atoms with Crippen LogP contribution in [0.3, 0.4) is 0 Å². The molecule has 1 aromatic heterocycles. The highest BCUT2D eigenvalue weighted by molar-refractivity contribution is 9.10. The van der Waals surface area contributed by atoms with Gasteiger partial charge in [-0.25, -0.2) is 13.8 Å². The number of hydrazone groups is 1. The summed E-state index contributed by atoms with van der Waals surface area (Å²) in [6, 6.07) is 18.4. The number of anilines is 1. The molecule has 0 bridgehead atoms. The first kappa shape index (κ1) is 22.8. The van der Waals surface area contributed by atoms with Crippen molar-refractivity contribution in [2.24, 2.45) is 5.10 Å². The van der Waals surface area contributed by atoms with Gasteiger partial charge in [-0.15, -0.1) is 0 Å². The summed E-state index contributed by atoms with van der Waals surface area (Å²) in [5.41, 5.74) is 6.69. The zero-order chi connectivity index (χ0) is 22.6. The first-order chi connectivity index (χ1) is 14.7. The van der Waals surface area contributed by atoms with Crippen molar-refractivity contribution in [2.45, 2.75) is 13.8 Å². The van der Waals surface area contributed by atoms with Gasteiger partial charge in [-0.05, 0) is 50.2 Å². The lowest BCUT2D eigenvalue weighted by Gasteiger charge is -2.21. The second-order valence-corrected chi connectivity index (χ2v) is 9.86. The monoisotopic (exact) mass is 502 g/mol. The van der Waals surface area contributed by atoms with E-state index >= 15 is 0 Å². The Morgan fingerprint density at radius 1 is 1.13 bits per heavy atom. The van der Waals surface area contributed by atoms with E-state index in [2.05, 4.69) is 31.0 Å². The minimum atomic E-state index is -3.62. The Bertz CT molecular complexity index is 1220. The Kier molecular flexibility index (Phi) is 6.97. The number of nitrogens with zero attached hydrogens (tertiary/aromatic N) is 3. The van der Waals surface area contributed by atoms with Crippen LogP contribution in [0.4, 0.5) is 5.69 Å². The number of carbonyl (C=O) groups is 1. The summed E-state index contributed by atoms with van der Waals surface area (Å²) in [6.07, 6.45) is 2.62. The van der Waals surface area contributed by atoms with Gasteiger partial charge in [-0.3, -0.25) is 9.10 Å². The molecule has 0 fully saturated rings. The maximum Gasteiger partial charge on any atom is 0.260 e. The van der Waals surface area contributed by atoms with E-state index in [0.29, 0.717) is 5.69 Å². The van der Waals surface area contributed by atoms with E-state index in [0.717, 1.165) is 37.7 Å². The number of benzene rings is 2. The molecule has 31 heavy (non-hydrogen) atoms. The predicted molar refractivity (Wildman–Crippen MR) is 127 cm³/mol. The molecule has 0 spiro atoms. The van der Waals surface area contributed by atoms with Crippen LogP contribution in [0.25, 0.3) is 5.69 Å². The summed E-state index contributed by atoms with van der Waals surface area (Å²) in [7, 11) is -3.62. The number of para-hydroxylation sites is 1. The van der Waals surface area contributed by atoms with Crippen molar-refractivity contribution in [1.29, 1.82) is 0 Å². The third kappa shape index (κ3) is 5.62. The van der Waals surface area contributed by atoms with Crippen molar-refractivity contribution in [2.75, 3.05) is 17.1 Å². The van der Waals surface area contributed by atoms with Gasteiger partial charge in [0.25, 0.3) is 5.91 Å². The highest BCUT2D eigenvalue weighted by Gasteiger charge is 2.20. The van der Waals surface area contributed by atoms with E-state index in [1.54, 1.807) is 36.5 Å². The van der Waals surface area contributed by atoms with Crippen molar-refractivity contribution in [3.05, 3.63) is 82.1 Å². The topological polar surface area (TPSA) is 83.8 Å². The van der Waals surface area contributed by atoms with E-state index in [4.69, 9.17) is 0 Å². The molecular weight excluding hydrogens is 480 g/mol. The number of amides is 1. The molecule has 162 valence electrons. The van der Waals surface area contributed by atoms with Crippen molar-refractivity contribution >= 4 is 43.8 Å². The van der Waals surface area contributed by atoms with E-state index in [1.807, 2.05) is 44.2 Å². The summed E-state index contributed by atoms with van der Waals surface area (Å²) in [5.74, 6) is -0.536. The second-order valence-electron chi connectivity index (χ2n) is 7.04. The van der Waals surface area contributed by atoms with Crippen LogP contribution in [0, 0.1) is 13.8 Å². The molecule has 2 aromatic carbocycles. The molecule has 0 atom stereocenters. The molecule has 1 heterocycles. The molecule has 0 unspecified atom stereocenters. The number of carbonyl (C=O) groups excluding carboxylic acids is 1. The van der Waals surface area contributed by atoms with Gasteiger partial charge in [-0.2, -0.15) is 5.10 Å². The summed E-state index contributed by atoms with van der Waals surface area (Å²) in [6.45, 7) is 3.60. The average molecular weight is 503 g/mol. The molecule has 0 saturated carbocycles. The molecule has 0 saturated heterocycles. The number of hydrogen-bond donors (Lipinski definition) is 1. The highest BCUT2D eigenvalue weighted by atomic mass is 79.9. The summed E-state index contributed by atoms with van der Waals surface area (Å²) >= 11 is 3.49. The second kappa shape index (κ2) is 9.49. The molecule has 9 heteroatoms. The van der Waals surface area contributed by atoms with Gasteiger partial charge < -0.3 is 4.57 Å². The minimum absolute atomic E-state index is 0.364. The van der Waals surface area contributed by atoms with Crippen LogP contribution in [0.1, 0.15) is 17.0 Å². The third-order valence-corrected chi connectivity index (χ3v) is 6.30. The van der Waals surface area contributed by atoms with Crippen molar-refractivity contribution in [1.82, 2.24) is 9.99 Å². The first-order valence-electron chi connectivity index (χ1n) is 9.46. The molecule has 0 aliphatic heterocycles. The average Bonchev–Trinajstić information content (AvgIpc) is 2.99. The summed E-state index contributed by atoms with van der Waals surface area (Å²) < 4.78 is 28.3. The fourth-order valence-electron chi connectivity index (χ4n) is 3.26. The smallest absolute Gasteiger partial charge is 0.260 e. The maximum absolute atomic E-state index is 12.3. The van der Waals surface area contributed by atoms with Crippen LogP contribution in [0.5, 0.6) is 0 Å². The first-order valence-corrected chi connectivity index (χ1v) is 12.1. The summed E-state index contributed by atoms with van der Waals surface area (Å²) in [5, 5.41) is 4.03. The third-order valence-electron chi connectivity index (χ3n) is 4.66. The van der Waals surface area contributed by atoms with Gasteiger partial charge in [0.2, 0.25) is 10.0 Å². The molecule has 0 aliphatic rings. The number of hydrogen-bond acceptors (Lipinski definition) is 4. The van der Waals surface area contributed by atoms with E-state index < -0.39 is 15.9 Å². The van der Waals surface area contributed by atoms with Gasteiger partial charge in [-0.1, -0.05) is 40.2 Å². The Morgan fingerprint density at radius 2 is 1.84 bits per heavy atom. The molecule has 3 aromatic rings. The number of rotatable bonds is 7. The molecule has 3 rings (SSSR count). The van der Waals surface area contributed by atoms with Gasteiger partial charge in [0, 0.05) is 27.1 Å². The molecule has 1 amide bonds. The van der Waals surface area contributed by atoms with Crippen molar-refractivity contribution in [3.63, 3.8) is 0 Å². The fourth-order valence-corrected chi connectivity index (χ4v) is 4.51. The Morgan fingerprint density at radius 3 is 2.48 bits per heavy atom. The summed E-state index contributed by atoms with van der Waals surface area (Å²) in [4.78, 5) is 12.3. The maximum atomic E-state index is 12.3. The quantitative estimate of drug-likeness (QED) is 0.394. The van der Waals surface area contributed by atoms with Gasteiger partial charge in [0.1, 0.15) is 6.54 Å². The van der Waals surface area contributed by atoms with Crippen LogP contribution in [-0.2, 0) is 14.8 Å². The van der Waals surface area contributed by atoms with Crippen molar-refractivity contribution < 1.29 is 13.2 Å². The number of nitrogens with one attached hydrogen (secondary N) is 1. The van der Waals surface area contributed by atoms with E-state index in [9.17, 15) is 13.2 Å². The lowest BCUT2D eigenvalue weighted by atomic mass is 10.2. The minimum Gasteiger partial charge on any atom is -0.318 e. The van der Waals surface area contributed by atoms with Crippen LogP contribution in [0.2, 0.25) is 0 Å². The zero-order valence-corrected chi connectivity index (χ0v) is 19.8. The van der Waals surface area contributed by atoms with E-state index in [-0.39, 0.29) is 6.54 Å². The molecule has 0 radical (unpaired) electrons. The highest BCUT2D eigenvalue weighted by Crippen LogP contribution is 2.22. The standard InChI is InChI=1S/C22H23BrN4O3S/c1-16-12-18(17(2)27(16)21-11-7-8-19(23)13-21)14-24-25-22(28)15-26(31(3,29)30)20-9-5-4-6-10-20/h4-14H,15H2,1-3H3,(H,25,28)/b24-14-. The van der Waals surface area contributed by atoms with Crippen LogP contribution in [0.15, 0.2) is 70.2 Å². The van der Waals surface area contributed by atoms with Crippen LogP contribution < -0.4 is 9.73 Å². The SMILES string of the molecule is Cc1cc(/C=N\NC(=O)CN(c2ccccc2)S(C)(=O)=O)c(C)n1-c1cccc(Br)c1. The molecule has 1 N–H and O–H groups in total. The van der Waals surface area contributed by atoms with Gasteiger partial charge >= 0.3 is 0 Å². The lowest BCUT2D eigenvalue weighted by molar-refractivity contribution is -0.119. The number of aryl methyl sites for hydroxylation is 1. The largest absolute Gasteiger partial charge is 0.318 e. The number of halogens is 1. The predicted octanol–water partition coefficient (Wildman–Crippen LogP) is 3.77. The van der Waals surface area contributed by atoms with Crippen LogP contribution >= 0.6 is 15.9 Å². The Hall–Kier alpha value is -2.91. The molecule has 0 aliphatic carbocycles. The van der Waals surface area contributed by atoms with Gasteiger partial charge in [0.15, 0.2) is 0 Å². The lowest BCUT2D eigenvalue weighted by Crippen LogP contribution is -2.38. The number of sulfonamides is 1. The van der Waals surface area contributed by atoms with Crippen molar-refractivity contribution in [3.8, 4) is 5.69 Å². The normalized spacial score (nSPS) is 11.6. The molecule has 7 nitrogen and oxygen atoms in total. The zero-order valence-electron chi connectivity index (χ0n) is 17.4. The Balaban J connectivity index is 1.73. The van der Waals surface area contributed by atoms with Gasteiger partial charge in [0.05, 0.1) is 18.2 Å². The van der Waals surface area contributed by atoms with Crippen LogP contribution in [-0.4, -0.2) is 37.9 Å². The van der Waals surface area contributed by atoms with E-state index in [1.165, 1.54) is 0 Å².